The number of hydrogen-bond acceptors (Lipinski definition) is 7. The lowest BCUT2D eigenvalue weighted by Gasteiger charge is -2.37. The first-order valence-corrected chi connectivity index (χ1v) is 16.1. The number of anilines is 2. The predicted octanol–water partition coefficient (Wildman–Crippen LogP) is 4.93. The average Bonchev–Trinajstić information content (AvgIpc) is 3.70. The molecule has 0 unspecified atom stereocenters. The van der Waals surface area contributed by atoms with Crippen LogP contribution in [0, 0.1) is 11.3 Å². The molecule has 0 spiro atoms. The maximum Gasteiger partial charge on any atom is 0.404 e. The lowest BCUT2D eigenvalue weighted by molar-refractivity contribution is -0.107. The van der Waals surface area contributed by atoms with E-state index in [1.807, 2.05) is 6.07 Å². The number of amides is 2. The molecule has 2 atom stereocenters. The number of ether oxygens (including phenoxy) is 1. The molecule has 1 aromatic heterocycles. The van der Waals surface area contributed by atoms with Crippen LogP contribution < -0.4 is 15.0 Å². The first-order valence-electron chi connectivity index (χ1n) is 14.5. The number of halogens is 5. The number of nitriles is 1. The van der Waals surface area contributed by atoms with Crippen molar-refractivity contribution in [2.75, 3.05) is 36.2 Å². The minimum atomic E-state index is -5.04. The van der Waals surface area contributed by atoms with Crippen LogP contribution in [0.3, 0.4) is 0 Å². The molecule has 0 bridgehead atoms. The summed E-state index contributed by atoms with van der Waals surface area (Å²) < 4.78 is 103. The van der Waals surface area contributed by atoms with E-state index in [9.17, 15) is 36.4 Å². The molecule has 2 amide bonds. The Bertz CT molecular complexity index is 2080. The van der Waals surface area contributed by atoms with Crippen molar-refractivity contribution < 1.29 is 44.7 Å². The number of benzene rings is 3. The van der Waals surface area contributed by atoms with Gasteiger partial charge in [0.25, 0.3) is 17.7 Å². The highest BCUT2D eigenvalue weighted by Gasteiger charge is 2.52. The highest BCUT2D eigenvalue weighted by Crippen LogP contribution is 2.41. The van der Waals surface area contributed by atoms with Gasteiger partial charge in [-0.05, 0) is 30.3 Å². The largest absolute Gasteiger partial charge is 0.495 e. The quantitative estimate of drug-likeness (QED) is 0.257. The molecule has 1 N–H and O–H groups in total. The Morgan fingerprint density at radius 2 is 1.65 bits per heavy atom. The van der Waals surface area contributed by atoms with Gasteiger partial charge in [-0.1, -0.05) is 42.5 Å². The highest BCUT2D eigenvalue weighted by molar-refractivity contribution is 7.89. The summed E-state index contributed by atoms with van der Waals surface area (Å²) in [6.45, 7) is -1.04. The summed E-state index contributed by atoms with van der Waals surface area (Å²) in [5.41, 5.74) is -0.880. The van der Waals surface area contributed by atoms with E-state index < -0.39 is 70.4 Å². The van der Waals surface area contributed by atoms with E-state index in [-0.39, 0.29) is 39.5 Å². The molecule has 6 rings (SSSR count). The Morgan fingerprint density at radius 3 is 2.29 bits per heavy atom. The fourth-order valence-corrected chi connectivity index (χ4v) is 7.38. The van der Waals surface area contributed by atoms with Gasteiger partial charge in [0.1, 0.15) is 11.8 Å². The lowest BCUT2D eigenvalue weighted by atomic mass is 9.99. The molecule has 11 nitrogen and oxygen atoms in total. The number of rotatable bonds is 8. The summed E-state index contributed by atoms with van der Waals surface area (Å²) in [6.07, 6.45) is -3.90. The number of methoxy groups -OCH3 is 1. The molecule has 1 fully saturated rings. The van der Waals surface area contributed by atoms with Gasteiger partial charge >= 0.3 is 6.18 Å². The van der Waals surface area contributed by atoms with Gasteiger partial charge in [-0.15, -0.1) is 0 Å². The molecular formula is C32H25F5N6O5S. The van der Waals surface area contributed by atoms with Gasteiger partial charge in [0.05, 0.1) is 36.6 Å². The molecule has 49 heavy (non-hydrogen) atoms. The first kappa shape index (κ1) is 33.6. The van der Waals surface area contributed by atoms with Gasteiger partial charge in [-0.2, -0.15) is 36.6 Å². The van der Waals surface area contributed by atoms with Crippen LogP contribution in [0.2, 0.25) is 0 Å². The maximum absolute atomic E-state index is 15.3. The van der Waals surface area contributed by atoms with Crippen molar-refractivity contribution in [1.82, 2.24) is 14.1 Å². The standard InChI is InChI=1S/C32H25F5N6O5S/c1-48-27-12-7-19(13-20(27)14-38)29(44)40-24-15-39-43-26-17-41(49(46,47)18-31(33,34)35)16-25(26)42(30(45)28(24)43)23-10-8-22(9-11-23)32(36,37)21-5-3-2-4-6-21/h2-13,15,25-26H,16-18H2,1H3,(H,40,44)/t25-,26-/m0/s1. The van der Waals surface area contributed by atoms with Crippen molar-refractivity contribution in [1.29, 1.82) is 5.26 Å². The van der Waals surface area contributed by atoms with E-state index in [2.05, 4.69) is 10.4 Å². The molecule has 0 saturated carbocycles. The van der Waals surface area contributed by atoms with Crippen molar-refractivity contribution in [2.45, 2.75) is 24.2 Å². The number of hydrogen-bond donors (Lipinski definition) is 1. The van der Waals surface area contributed by atoms with Crippen LogP contribution in [-0.2, 0) is 15.9 Å². The fourth-order valence-electron chi connectivity index (χ4n) is 6.02. The van der Waals surface area contributed by atoms with Crippen LogP contribution in [0.5, 0.6) is 5.75 Å². The summed E-state index contributed by atoms with van der Waals surface area (Å²) in [7, 11) is -3.55. The third-order valence-corrected chi connectivity index (χ3v) is 10.1. The number of nitrogens with zero attached hydrogens (tertiary/aromatic N) is 5. The minimum Gasteiger partial charge on any atom is -0.495 e. The molecule has 254 valence electrons. The molecule has 0 radical (unpaired) electrons. The molecule has 0 aliphatic carbocycles. The predicted molar refractivity (Wildman–Crippen MR) is 165 cm³/mol. The number of nitrogens with one attached hydrogen (secondary N) is 1. The topological polar surface area (TPSA) is 138 Å². The van der Waals surface area contributed by atoms with Crippen molar-refractivity contribution in [2.24, 2.45) is 0 Å². The Hall–Kier alpha value is -5.34. The zero-order valence-electron chi connectivity index (χ0n) is 25.4. The number of carbonyl (C=O) groups excluding carboxylic acids is 2. The van der Waals surface area contributed by atoms with E-state index in [1.165, 1.54) is 61.7 Å². The number of carbonyl (C=O) groups is 2. The molecule has 2 aliphatic heterocycles. The van der Waals surface area contributed by atoms with Crippen molar-refractivity contribution in [3.8, 4) is 11.8 Å². The van der Waals surface area contributed by atoms with Gasteiger partial charge in [0, 0.05) is 35.5 Å². The van der Waals surface area contributed by atoms with E-state index in [1.54, 1.807) is 6.07 Å². The van der Waals surface area contributed by atoms with E-state index in [0.717, 1.165) is 27.9 Å². The van der Waals surface area contributed by atoms with E-state index in [0.29, 0.717) is 4.31 Å². The zero-order valence-corrected chi connectivity index (χ0v) is 26.2. The van der Waals surface area contributed by atoms with Crippen LogP contribution in [0.15, 0.2) is 79.0 Å². The van der Waals surface area contributed by atoms with Gasteiger partial charge in [0.2, 0.25) is 10.0 Å². The number of aromatic nitrogens is 2. The zero-order chi connectivity index (χ0) is 35.3. The number of alkyl halides is 5. The van der Waals surface area contributed by atoms with E-state index >= 15 is 8.78 Å². The van der Waals surface area contributed by atoms with Gasteiger partial charge in [-0.3, -0.25) is 14.3 Å². The Morgan fingerprint density at radius 1 is 1.00 bits per heavy atom. The minimum absolute atomic E-state index is 0.0236. The van der Waals surface area contributed by atoms with E-state index in [4.69, 9.17) is 4.74 Å². The second kappa shape index (κ2) is 12.3. The Kier molecular flexibility index (Phi) is 8.41. The van der Waals surface area contributed by atoms with Crippen LogP contribution >= 0.6 is 0 Å². The summed E-state index contributed by atoms with van der Waals surface area (Å²) in [5, 5.41) is 16.2. The third kappa shape index (κ3) is 6.20. The number of sulfonamides is 1. The summed E-state index contributed by atoms with van der Waals surface area (Å²) in [6, 6.07) is 15.5. The second-order valence-electron chi connectivity index (χ2n) is 11.3. The van der Waals surface area contributed by atoms with Crippen molar-refractivity contribution >= 4 is 33.2 Å². The first-order chi connectivity index (χ1) is 23.1. The Balaban J connectivity index is 1.38. The van der Waals surface area contributed by atoms with Crippen LogP contribution in [-0.4, -0.2) is 72.5 Å². The molecule has 17 heteroatoms. The molecule has 4 aromatic rings. The summed E-state index contributed by atoms with van der Waals surface area (Å²) in [5.74, 6) is -6.88. The lowest BCUT2D eigenvalue weighted by Crippen LogP contribution is -2.51. The van der Waals surface area contributed by atoms with Gasteiger partial charge in [-0.25, -0.2) is 8.42 Å². The molecule has 2 aliphatic rings. The second-order valence-corrected chi connectivity index (χ2v) is 13.3. The van der Waals surface area contributed by atoms with Gasteiger partial charge in [0.15, 0.2) is 11.4 Å². The molecule has 3 aromatic carbocycles. The number of fused-ring (bicyclic) bond motifs is 3. The van der Waals surface area contributed by atoms with Crippen LogP contribution in [0.1, 0.15) is 43.6 Å². The SMILES string of the molecule is COc1ccc(C(=O)Nc2cnn3c2C(=O)N(c2ccc(C(F)(F)c4ccccc4)cc2)[C@H]2CN(S(=O)(=O)CC(F)(F)F)C[C@@H]23)cc1C#N. The van der Waals surface area contributed by atoms with Gasteiger partial charge < -0.3 is 15.0 Å². The molecule has 3 heterocycles. The monoisotopic (exact) mass is 700 g/mol. The van der Waals surface area contributed by atoms with Crippen LogP contribution in [0.25, 0.3) is 0 Å². The normalized spacial score (nSPS) is 18.1. The third-order valence-electron chi connectivity index (χ3n) is 8.30. The molecular weight excluding hydrogens is 675 g/mol. The molecule has 1 saturated heterocycles. The highest BCUT2D eigenvalue weighted by atomic mass is 32.2. The Labute approximate surface area is 276 Å². The fraction of sp³-hybridized carbons (Fsp3) is 0.250. The maximum atomic E-state index is 15.3. The van der Waals surface area contributed by atoms with Crippen molar-refractivity contribution in [3.05, 3.63) is 107 Å². The van der Waals surface area contributed by atoms with Crippen LogP contribution in [0.4, 0.5) is 33.3 Å². The average molecular weight is 701 g/mol. The smallest absolute Gasteiger partial charge is 0.404 e. The summed E-state index contributed by atoms with van der Waals surface area (Å²) >= 11 is 0. The van der Waals surface area contributed by atoms with Crippen molar-refractivity contribution in [3.63, 3.8) is 0 Å². The summed E-state index contributed by atoms with van der Waals surface area (Å²) in [4.78, 5) is 28.5.